The molecule has 2 N–H and O–H groups in total. The van der Waals surface area contributed by atoms with Crippen LogP contribution in [0.1, 0.15) is 32.0 Å². The predicted octanol–water partition coefficient (Wildman–Crippen LogP) is 1.64. The fourth-order valence-corrected chi connectivity index (χ4v) is 1.38. The van der Waals surface area contributed by atoms with Crippen LogP contribution in [0.15, 0.2) is 18.3 Å². The maximum Gasteiger partial charge on any atom is 0.141 e. The predicted molar refractivity (Wildman–Crippen MR) is 56.9 cm³/mol. The number of aromatic nitrogens is 1. The summed E-state index contributed by atoms with van der Waals surface area (Å²) in [5, 5.41) is 12.2. The fraction of sp³-hybridized carbons (Fsp3) is 0.545. The van der Waals surface area contributed by atoms with Gasteiger partial charge in [-0.2, -0.15) is 0 Å². The third kappa shape index (κ3) is 3.57. The van der Waals surface area contributed by atoms with Crippen LogP contribution in [-0.2, 0) is 0 Å². The van der Waals surface area contributed by atoms with Crippen molar-refractivity contribution in [3.63, 3.8) is 0 Å². The largest absolute Gasteiger partial charge is 0.395 e. The smallest absolute Gasteiger partial charge is 0.141 e. The molecule has 15 heavy (non-hydrogen) atoms. The molecule has 0 aromatic carbocycles. The Kier molecular flexibility index (Phi) is 4.65. The van der Waals surface area contributed by atoms with Gasteiger partial charge < -0.3 is 10.4 Å². The first-order valence-electron chi connectivity index (χ1n) is 5.15. The lowest BCUT2D eigenvalue weighted by Crippen LogP contribution is -2.34. The molecule has 1 aromatic rings. The monoisotopic (exact) mass is 212 g/mol. The average Bonchev–Trinajstić information content (AvgIpc) is 2.26. The molecule has 1 rings (SSSR count). The molecule has 1 heterocycles. The molecule has 0 bridgehead atoms. The van der Waals surface area contributed by atoms with E-state index in [-0.39, 0.29) is 24.5 Å². The zero-order valence-electron chi connectivity index (χ0n) is 9.07. The average molecular weight is 212 g/mol. The summed E-state index contributed by atoms with van der Waals surface area (Å²) in [5.41, 5.74) is 0.781. The van der Waals surface area contributed by atoms with Crippen LogP contribution in [0.25, 0.3) is 0 Å². The molecule has 0 saturated heterocycles. The highest BCUT2D eigenvalue weighted by atomic mass is 19.1. The molecular weight excluding hydrogens is 195 g/mol. The van der Waals surface area contributed by atoms with Gasteiger partial charge >= 0.3 is 0 Å². The van der Waals surface area contributed by atoms with Crippen molar-refractivity contribution < 1.29 is 9.50 Å². The molecule has 0 amide bonds. The lowest BCUT2D eigenvalue weighted by atomic mass is 10.1. The summed E-state index contributed by atoms with van der Waals surface area (Å²) in [7, 11) is 0. The molecule has 0 radical (unpaired) electrons. The van der Waals surface area contributed by atoms with E-state index in [1.54, 1.807) is 6.07 Å². The minimum atomic E-state index is -0.333. The topological polar surface area (TPSA) is 45.1 Å². The van der Waals surface area contributed by atoms with Crippen LogP contribution in [0.5, 0.6) is 0 Å². The Morgan fingerprint density at radius 2 is 2.27 bits per heavy atom. The summed E-state index contributed by atoms with van der Waals surface area (Å²) in [6.07, 6.45) is 2.05. The highest BCUT2D eigenvalue weighted by Crippen LogP contribution is 2.10. The Balaban J connectivity index is 2.60. The summed E-state index contributed by atoms with van der Waals surface area (Å²) < 4.78 is 12.6. The number of aliphatic hydroxyl groups excluding tert-OH is 1. The van der Waals surface area contributed by atoms with Crippen molar-refractivity contribution in [1.29, 1.82) is 0 Å². The highest BCUT2D eigenvalue weighted by Gasteiger charge is 2.11. The van der Waals surface area contributed by atoms with Crippen molar-refractivity contribution in [2.45, 2.75) is 32.4 Å². The van der Waals surface area contributed by atoms with E-state index in [1.807, 2.05) is 13.8 Å². The van der Waals surface area contributed by atoms with Gasteiger partial charge in [0.05, 0.1) is 18.5 Å². The maximum atomic E-state index is 12.6. The number of rotatable bonds is 5. The molecule has 84 valence electrons. The fourth-order valence-electron chi connectivity index (χ4n) is 1.38. The maximum absolute atomic E-state index is 12.6. The van der Waals surface area contributed by atoms with Gasteiger partial charge in [-0.25, -0.2) is 4.39 Å². The molecule has 2 atom stereocenters. The van der Waals surface area contributed by atoms with E-state index < -0.39 is 0 Å². The normalized spacial score (nSPS) is 14.9. The van der Waals surface area contributed by atoms with E-state index in [2.05, 4.69) is 10.3 Å². The zero-order valence-corrected chi connectivity index (χ0v) is 9.07. The van der Waals surface area contributed by atoms with E-state index in [9.17, 15) is 4.39 Å². The number of hydrogen-bond donors (Lipinski definition) is 2. The molecule has 0 aliphatic rings. The SMILES string of the molecule is CCC(CO)NC(C)c1ccc(F)cn1. The van der Waals surface area contributed by atoms with Crippen LogP contribution >= 0.6 is 0 Å². The van der Waals surface area contributed by atoms with E-state index >= 15 is 0 Å². The molecule has 0 spiro atoms. The van der Waals surface area contributed by atoms with Crippen LogP contribution in [0, 0.1) is 5.82 Å². The molecule has 4 heteroatoms. The van der Waals surface area contributed by atoms with Crippen LogP contribution in [0.2, 0.25) is 0 Å². The molecular formula is C11H17FN2O. The molecule has 1 aromatic heterocycles. The second-order valence-corrected chi connectivity index (χ2v) is 3.58. The van der Waals surface area contributed by atoms with Crippen molar-refractivity contribution in [3.05, 3.63) is 29.8 Å². The Hall–Kier alpha value is -1.00. The Morgan fingerprint density at radius 3 is 2.73 bits per heavy atom. The van der Waals surface area contributed by atoms with E-state index in [0.717, 1.165) is 12.1 Å². The van der Waals surface area contributed by atoms with Gasteiger partial charge in [0.1, 0.15) is 5.82 Å². The van der Waals surface area contributed by atoms with E-state index in [0.29, 0.717) is 0 Å². The van der Waals surface area contributed by atoms with Gasteiger partial charge in [0.25, 0.3) is 0 Å². The second kappa shape index (κ2) is 5.78. The standard InChI is InChI=1S/C11H17FN2O/c1-3-10(7-15)14-8(2)11-5-4-9(12)6-13-11/h4-6,8,10,14-15H,3,7H2,1-2H3. The van der Waals surface area contributed by atoms with Gasteiger partial charge in [0.15, 0.2) is 0 Å². The first kappa shape index (κ1) is 12.1. The first-order valence-corrected chi connectivity index (χ1v) is 5.15. The number of nitrogens with one attached hydrogen (secondary N) is 1. The van der Waals surface area contributed by atoms with Gasteiger partial charge in [-0.3, -0.25) is 4.98 Å². The quantitative estimate of drug-likeness (QED) is 0.780. The van der Waals surface area contributed by atoms with E-state index in [1.165, 1.54) is 12.3 Å². The molecule has 2 unspecified atom stereocenters. The number of nitrogens with zero attached hydrogens (tertiary/aromatic N) is 1. The molecule has 0 saturated carbocycles. The molecule has 0 fully saturated rings. The van der Waals surface area contributed by atoms with Crippen molar-refractivity contribution in [2.75, 3.05) is 6.61 Å². The van der Waals surface area contributed by atoms with Crippen molar-refractivity contribution in [2.24, 2.45) is 0 Å². The summed E-state index contributed by atoms with van der Waals surface area (Å²) in [4.78, 5) is 3.98. The van der Waals surface area contributed by atoms with Gasteiger partial charge in [0.2, 0.25) is 0 Å². The third-order valence-electron chi connectivity index (χ3n) is 2.39. The van der Waals surface area contributed by atoms with Crippen LogP contribution in [-0.4, -0.2) is 22.7 Å². The van der Waals surface area contributed by atoms with Crippen LogP contribution < -0.4 is 5.32 Å². The Bertz CT molecular complexity index is 285. The summed E-state index contributed by atoms with van der Waals surface area (Å²) >= 11 is 0. The van der Waals surface area contributed by atoms with Crippen molar-refractivity contribution >= 4 is 0 Å². The first-order chi connectivity index (χ1) is 7.17. The molecule has 0 aliphatic heterocycles. The summed E-state index contributed by atoms with van der Waals surface area (Å²) in [6, 6.07) is 3.12. The second-order valence-electron chi connectivity index (χ2n) is 3.58. The summed E-state index contributed by atoms with van der Waals surface area (Å²) in [6.45, 7) is 4.04. The van der Waals surface area contributed by atoms with E-state index in [4.69, 9.17) is 5.11 Å². The van der Waals surface area contributed by atoms with Crippen LogP contribution in [0.3, 0.4) is 0 Å². The number of hydrogen-bond acceptors (Lipinski definition) is 3. The summed E-state index contributed by atoms with van der Waals surface area (Å²) in [5.74, 6) is -0.333. The Labute approximate surface area is 89.4 Å². The third-order valence-corrected chi connectivity index (χ3v) is 2.39. The molecule has 3 nitrogen and oxygen atoms in total. The number of halogens is 1. The van der Waals surface area contributed by atoms with Gasteiger partial charge in [-0.1, -0.05) is 6.92 Å². The lowest BCUT2D eigenvalue weighted by molar-refractivity contribution is 0.229. The lowest BCUT2D eigenvalue weighted by Gasteiger charge is -2.19. The number of pyridine rings is 1. The highest BCUT2D eigenvalue weighted by molar-refractivity contribution is 5.09. The van der Waals surface area contributed by atoms with Crippen molar-refractivity contribution in [1.82, 2.24) is 10.3 Å². The zero-order chi connectivity index (χ0) is 11.3. The van der Waals surface area contributed by atoms with Gasteiger partial charge in [0, 0.05) is 12.1 Å². The van der Waals surface area contributed by atoms with Crippen LogP contribution in [0.4, 0.5) is 4.39 Å². The number of aliphatic hydroxyl groups is 1. The van der Waals surface area contributed by atoms with Crippen molar-refractivity contribution in [3.8, 4) is 0 Å². The molecule has 0 aliphatic carbocycles. The van der Waals surface area contributed by atoms with Gasteiger partial charge in [-0.15, -0.1) is 0 Å². The van der Waals surface area contributed by atoms with Gasteiger partial charge in [-0.05, 0) is 25.5 Å². The Morgan fingerprint density at radius 1 is 1.53 bits per heavy atom. The minimum Gasteiger partial charge on any atom is -0.395 e. The minimum absolute atomic E-state index is 0.0164.